The molecule has 0 atom stereocenters. The summed E-state index contributed by atoms with van der Waals surface area (Å²) in [6.45, 7) is 1.30. The van der Waals surface area contributed by atoms with Gasteiger partial charge in [0.25, 0.3) is 0 Å². The Morgan fingerprint density at radius 1 is 1.35 bits per heavy atom. The van der Waals surface area contributed by atoms with Gasteiger partial charge >= 0.3 is 6.18 Å². The SMILES string of the molecule is COCCN(c1ccc(C(F)(F)F)cc1CN)C1CC1. The van der Waals surface area contributed by atoms with Crippen molar-refractivity contribution in [2.75, 3.05) is 25.2 Å². The Kier molecular flexibility index (Phi) is 4.55. The number of halogens is 3. The van der Waals surface area contributed by atoms with Gasteiger partial charge in [0.15, 0.2) is 0 Å². The number of hydrogen-bond donors (Lipinski definition) is 1. The van der Waals surface area contributed by atoms with Gasteiger partial charge < -0.3 is 15.4 Å². The molecule has 1 saturated carbocycles. The first kappa shape index (κ1) is 15.1. The van der Waals surface area contributed by atoms with Crippen LogP contribution in [0.5, 0.6) is 0 Å². The van der Waals surface area contributed by atoms with Crippen LogP contribution in [-0.4, -0.2) is 26.3 Å². The average molecular weight is 288 g/mol. The molecule has 112 valence electrons. The molecular formula is C14H19F3N2O. The van der Waals surface area contributed by atoms with Crippen molar-refractivity contribution in [3.05, 3.63) is 29.3 Å². The minimum Gasteiger partial charge on any atom is -0.383 e. The molecule has 1 aromatic rings. The third-order valence-corrected chi connectivity index (χ3v) is 3.46. The third kappa shape index (κ3) is 3.43. The van der Waals surface area contributed by atoms with Crippen LogP contribution in [0.2, 0.25) is 0 Å². The summed E-state index contributed by atoms with van der Waals surface area (Å²) in [6.07, 6.45) is -2.21. The van der Waals surface area contributed by atoms with Crippen molar-refractivity contribution in [3.8, 4) is 0 Å². The summed E-state index contributed by atoms with van der Waals surface area (Å²) in [7, 11) is 1.61. The Balaban J connectivity index is 2.29. The molecule has 0 spiro atoms. The second kappa shape index (κ2) is 6.01. The number of rotatable bonds is 6. The minimum atomic E-state index is -4.33. The van der Waals surface area contributed by atoms with Gasteiger partial charge in [-0.15, -0.1) is 0 Å². The van der Waals surface area contributed by atoms with Gasteiger partial charge in [0.05, 0.1) is 12.2 Å². The van der Waals surface area contributed by atoms with E-state index in [-0.39, 0.29) is 6.54 Å². The minimum absolute atomic E-state index is 0.0927. The van der Waals surface area contributed by atoms with Crippen LogP contribution in [0.4, 0.5) is 18.9 Å². The van der Waals surface area contributed by atoms with Gasteiger partial charge in [-0.2, -0.15) is 13.2 Å². The molecule has 0 radical (unpaired) electrons. The lowest BCUT2D eigenvalue weighted by molar-refractivity contribution is -0.137. The predicted octanol–water partition coefficient (Wildman–Crippen LogP) is 2.78. The van der Waals surface area contributed by atoms with Crippen LogP contribution < -0.4 is 10.6 Å². The first-order valence-electron chi connectivity index (χ1n) is 6.63. The van der Waals surface area contributed by atoms with Crippen molar-refractivity contribution in [2.45, 2.75) is 31.6 Å². The molecule has 3 nitrogen and oxygen atoms in total. The zero-order valence-corrected chi connectivity index (χ0v) is 11.4. The van der Waals surface area contributed by atoms with Crippen molar-refractivity contribution >= 4 is 5.69 Å². The van der Waals surface area contributed by atoms with Crippen LogP contribution in [-0.2, 0) is 17.5 Å². The fourth-order valence-corrected chi connectivity index (χ4v) is 2.28. The number of hydrogen-bond acceptors (Lipinski definition) is 3. The topological polar surface area (TPSA) is 38.5 Å². The van der Waals surface area contributed by atoms with Crippen LogP contribution in [0.15, 0.2) is 18.2 Å². The smallest absolute Gasteiger partial charge is 0.383 e. The number of nitrogens with two attached hydrogens (primary N) is 1. The number of methoxy groups -OCH3 is 1. The highest BCUT2D eigenvalue weighted by atomic mass is 19.4. The summed E-state index contributed by atoms with van der Waals surface area (Å²) in [4.78, 5) is 2.10. The zero-order valence-electron chi connectivity index (χ0n) is 11.4. The molecule has 0 amide bonds. The Labute approximate surface area is 116 Å². The molecule has 1 aliphatic carbocycles. The maximum Gasteiger partial charge on any atom is 0.416 e. The molecule has 1 aliphatic rings. The van der Waals surface area contributed by atoms with E-state index in [1.807, 2.05) is 0 Å². The Hall–Kier alpha value is -1.27. The van der Waals surface area contributed by atoms with Crippen LogP contribution in [0.25, 0.3) is 0 Å². The summed E-state index contributed by atoms with van der Waals surface area (Å²) in [5.41, 5.74) is 6.30. The quantitative estimate of drug-likeness (QED) is 0.874. The molecule has 2 rings (SSSR count). The molecule has 20 heavy (non-hydrogen) atoms. The number of alkyl halides is 3. The third-order valence-electron chi connectivity index (χ3n) is 3.46. The Morgan fingerprint density at radius 2 is 2.05 bits per heavy atom. The monoisotopic (exact) mass is 288 g/mol. The van der Waals surface area contributed by atoms with Crippen LogP contribution in [0.3, 0.4) is 0 Å². The van der Waals surface area contributed by atoms with Crippen LogP contribution in [0, 0.1) is 0 Å². The highest BCUT2D eigenvalue weighted by Gasteiger charge is 2.33. The van der Waals surface area contributed by atoms with Crippen molar-refractivity contribution in [1.82, 2.24) is 0 Å². The van der Waals surface area contributed by atoms with Gasteiger partial charge in [-0.05, 0) is 36.6 Å². The van der Waals surface area contributed by atoms with Crippen LogP contribution in [0.1, 0.15) is 24.0 Å². The lowest BCUT2D eigenvalue weighted by Gasteiger charge is -2.27. The van der Waals surface area contributed by atoms with E-state index in [1.54, 1.807) is 7.11 Å². The molecule has 0 saturated heterocycles. The summed E-state index contributed by atoms with van der Waals surface area (Å²) in [6, 6.07) is 4.19. The van der Waals surface area contributed by atoms with E-state index >= 15 is 0 Å². The normalized spacial score (nSPS) is 15.4. The maximum absolute atomic E-state index is 12.7. The fourth-order valence-electron chi connectivity index (χ4n) is 2.28. The molecule has 1 fully saturated rings. The number of anilines is 1. The summed E-state index contributed by atoms with van der Waals surface area (Å²) in [5, 5.41) is 0. The van der Waals surface area contributed by atoms with Crippen LogP contribution >= 0.6 is 0 Å². The van der Waals surface area contributed by atoms with Gasteiger partial charge in [0.2, 0.25) is 0 Å². The van der Waals surface area contributed by atoms with Gasteiger partial charge in [0, 0.05) is 31.9 Å². The van der Waals surface area contributed by atoms with E-state index in [0.717, 1.165) is 30.7 Å². The fraction of sp³-hybridized carbons (Fsp3) is 0.571. The molecular weight excluding hydrogens is 269 g/mol. The van der Waals surface area contributed by atoms with E-state index in [2.05, 4.69) is 4.90 Å². The molecule has 0 aromatic heterocycles. The Morgan fingerprint density at radius 3 is 2.55 bits per heavy atom. The van der Waals surface area contributed by atoms with Gasteiger partial charge in [-0.3, -0.25) is 0 Å². The number of ether oxygens (including phenoxy) is 1. The van der Waals surface area contributed by atoms with E-state index in [1.165, 1.54) is 6.07 Å². The highest BCUT2D eigenvalue weighted by molar-refractivity contribution is 5.57. The lowest BCUT2D eigenvalue weighted by Crippen LogP contribution is -2.30. The highest BCUT2D eigenvalue weighted by Crippen LogP contribution is 2.36. The zero-order chi connectivity index (χ0) is 14.8. The van der Waals surface area contributed by atoms with Gasteiger partial charge in [0.1, 0.15) is 0 Å². The van der Waals surface area contributed by atoms with Gasteiger partial charge in [-0.1, -0.05) is 0 Å². The van der Waals surface area contributed by atoms with E-state index < -0.39 is 11.7 Å². The molecule has 2 N–H and O–H groups in total. The van der Waals surface area contributed by atoms with Crippen molar-refractivity contribution in [2.24, 2.45) is 5.73 Å². The molecule has 0 heterocycles. The number of benzene rings is 1. The molecule has 0 unspecified atom stereocenters. The molecule has 6 heteroatoms. The van der Waals surface area contributed by atoms with E-state index in [0.29, 0.717) is 24.8 Å². The predicted molar refractivity (Wildman–Crippen MR) is 71.6 cm³/mol. The molecule has 1 aromatic carbocycles. The van der Waals surface area contributed by atoms with Crippen molar-refractivity contribution in [3.63, 3.8) is 0 Å². The summed E-state index contributed by atoms with van der Waals surface area (Å²) < 4.78 is 43.3. The van der Waals surface area contributed by atoms with E-state index in [4.69, 9.17) is 10.5 Å². The Bertz CT molecular complexity index is 458. The van der Waals surface area contributed by atoms with Crippen molar-refractivity contribution in [1.29, 1.82) is 0 Å². The second-order valence-electron chi connectivity index (χ2n) is 4.96. The first-order chi connectivity index (χ1) is 9.47. The standard InChI is InChI=1S/C14H19F3N2O/c1-20-7-6-19(12-3-4-12)13-5-2-11(14(15,16)17)8-10(13)9-18/h2,5,8,12H,3-4,6-7,9,18H2,1H3. The molecule has 0 bridgehead atoms. The number of nitrogens with zero attached hydrogens (tertiary/aromatic N) is 1. The second-order valence-corrected chi connectivity index (χ2v) is 4.96. The summed E-state index contributed by atoms with van der Waals surface area (Å²) in [5.74, 6) is 0. The first-order valence-corrected chi connectivity index (χ1v) is 6.63. The lowest BCUT2D eigenvalue weighted by atomic mass is 10.1. The summed E-state index contributed by atoms with van der Waals surface area (Å²) >= 11 is 0. The largest absolute Gasteiger partial charge is 0.416 e. The van der Waals surface area contributed by atoms with E-state index in [9.17, 15) is 13.2 Å². The maximum atomic E-state index is 12.7. The van der Waals surface area contributed by atoms with Crippen molar-refractivity contribution < 1.29 is 17.9 Å². The molecule has 0 aliphatic heterocycles. The van der Waals surface area contributed by atoms with Gasteiger partial charge in [-0.25, -0.2) is 0 Å². The average Bonchev–Trinajstić information content (AvgIpc) is 3.22.